The van der Waals surface area contributed by atoms with Gasteiger partial charge in [0.25, 0.3) is 5.56 Å². The van der Waals surface area contributed by atoms with E-state index in [0.717, 1.165) is 14.5 Å². The lowest BCUT2D eigenvalue weighted by Gasteiger charge is -2.02. The summed E-state index contributed by atoms with van der Waals surface area (Å²) in [4.78, 5) is 18.4. The molecule has 0 aliphatic rings. The topological polar surface area (TPSA) is 45.8 Å². The van der Waals surface area contributed by atoms with Crippen LogP contribution in [0.5, 0.6) is 0 Å². The van der Waals surface area contributed by atoms with E-state index in [2.05, 4.69) is 41.8 Å². The van der Waals surface area contributed by atoms with Gasteiger partial charge in [-0.15, -0.1) is 0 Å². The third-order valence-corrected chi connectivity index (χ3v) is 4.60. The van der Waals surface area contributed by atoms with Crippen molar-refractivity contribution in [2.75, 3.05) is 0 Å². The number of rotatable bonds is 1. The normalized spacial score (nSPS) is 10.4. The summed E-state index contributed by atoms with van der Waals surface area (Å²) in [7, 11) is 0. The lowest BCUT2D eigenvalue weighted by atomic mass is 10.2. The second-order valence-corrected chi connectivity index (χ2v) is 5.91. The van der Waals surface area contributed by atoms with Crippen LogP contribution in [0.25, 0.3) is 11.4 Å². The summed E-state index contributed by atoms with van der Waals surface area (Å²) in [6.45, 7) is 0. The van der Waals surface area contributed by atoms with Crippen LogP contribution in [0.1, 0.15) is 0 Å². The highest BCUT2D eigenvalue weighted by molar-refractivity contribution is 14.1. The van der Waals surface area contributed by atoms with E-state index in [0.29, 0.717) is 9.39 Å². The average molecular weight is 456 g/mol. The standard InChI is InChI=1S/C10H5Br2IN2O/c11-6-2-1-5(3-7(6)12)9-14-4-8(13)10(16)15-9/h1-4H,(H,14,15,16). The Morgan fingerprint density at radius 2 is 2.00 bits per heavy atom. The second-order valence-electron chi connectivity index (χ2n) is 3.04. The summed E-state index contributed by atoms with van der Waals surface area (Å²) in [6.07, 6.45) is 1.56. The Bertz CT molecular complexity index is 598. The molecule has 1 heterocycles. The predicted molar refractivity (Wildman–Crippen MR) is 78.4 cm³/mol. The van der Waals surface area contributed by atoms with Crippen LogP contribution in [-0.4, -0.2) is 9.97 Å². The largest absolute Gasteiger partial charge is 0.306 e. The molecule has 0 unspecified atom stereocenters. The number of nitrogens with one attached hydrogen (secondary N) is 1. The molecule has 2 rings (SSSR count). The molecular formula is C10H5Br2IN2O. The van der Waals surface area contributed by atoms with E-state index in [4.69, 9.17) is 0 Å². The van der Waals surface area contributed by atoms with Crippen molar-refractivity contribution in [3.63, 3.8) is 0 Å². The molecule has 1 N–H and O–H groups in total. The summed E-state index contributed by atoms with van der Waals surface area (Å²) >= 11 is 8.75. The summed E-state index contributed by atoms with van der Waals surface area (Å²) in [5.41, 5.74) is 0.744. The maximum atomic E-state index is 11.4. The van der Waals surface area contributed by atoms with Crippen molar-refractivity contribution in [3.05, 3.63) is 47.3 Å². The van der Waals surface area contributed by atoms with Crippen LogP contribution in [0.2, 0.25) is 0 Å². The number of hydrogen-bond acceptors (Lipinski definition) is 2. The SMILES string of the molecule is O=c1[nH]c(-c2ccc(Br)c(Br)c2)ncc1I. The zero-order valence-corrected chi connectivity index (χ0v) is 13.1. The predicted octanol–water partition coefficient (Wildman–Crippen LogP) is 3.57. The number of hydrogen-bond donors (Lipinski definition) is 1. The maximum Gasteiger partial charge on any atom is 0.264 e. The van der Waals surface area contributed by atoms with E-state index >= 15 is 0 Å². The smallest absolute Gasteiger partial charge is 0.264 e. The Morgan fingerprint density at radius 1 is 1.25 bits per heavy atom. The molecule has 0 amide bonds. The molecule has 0 fully saturated rings. The van der Waals surface area contributed by atoms with E-state index in [9.17, 15) is 4.79 Å². The molecule has 0 radical (unpaired) electrons. The van der Waals surface area contributed by atoms with Crippen LogP contribution in [0.3, 0.4) is 0 Å². The highest BCUT2D eigenvalue weighted by Crippen LogP contribution is 2.27. The Morgan fingerprint density at radius 3 is 2.62 bits per heavy atom. The molecule has 0 bridgehead atoms. The Hall–Kier alpha value is -0.210. The first-order valence-corrected chi connectivity index (χ1v) is 6.94. The molecule has 0 aliphatic heterocycles. The molecule has 0 atom stereocenters. The minimum Gasteiger partial charge on any atom is -0.306 e. The van der Waals surface area contributed by atoms with Gasteiger partial charge in [-0.2, -0.15) is 0 Å². The molecule has 1 aromatic carbocycles. The molecule has 3 nitrogen and oxygen atoms in total. The molecule has 0 aliphatic carbocycles. The van der Waals surface area contributed by atoms with Crippen molar-refractivity contribution < 1.29 is 0 Å². The minimum absolute atomic E-state index is 0.121. The highest BCUT2D eigenvalue weighted by Gasteiger charge is 2.04. The number of halogens is 3. The first-order chi connectivity index (χ1) is 7.58. The number of benzene rings is 1. The summed E-state index contributed by atoms with van der Waals surface area (Å²) in [5, 5.41) is 0. The number of nitrogens with zero attached hydrogens (tertiary/aromatic N) is 1. The molecular weight excluding hydrogens is 451 g/mol. The molecule has 2 aromatic rings. The van der Waals surface area contributed by atoms with Crippen LogP contribution in [0.15, 0.2) is 38.1 Å². The third-order valence-electron chi connectivity index (χ3n) is 1.95. The fourth-order valence-electron chi connectivity index (χ4n) is 1.17. The van der Waals surface area contributed by atoms with Gasteiger partial charge in [-0.3, -0.25) is 4.79 Å². The Labute approximate surface area is 122 Å². The van der Waals surface area contributed by atoms with Gasteiger partial charge in [0.05, 0.1) is 3.57 Å². The quantitative estimate of drug-likeness (QED) is 0.668. The van der Waals surface area contributed by atoms with Crippen molar-refractivity contribution in [1.29, 1.82) is 0 Å². The molecule has 0 spiro atoms. The van der Waals surface area contributed by atoms with Crippen molar-refractivity contribution >= 4 is 54.5 Å². The molecule has 0 saturated carbocycles. The number of aromatic nitrogens is 2. The van der Waals surface area contributed by atoms with Crippen LogP contribution in [0.4, 0.5) is 0 Å². The molecule has 16 heavy (non-hydrogen) atoms. The van der Waals surface area contributed by atoms with Crippen LogP contribution >= 0.6 is 54.5 Å². The zero-order valence-electron chi connectivity index (χ0n) is 7.80. The van der Waals surface area contributed by atoms with Crippen LogP contribution in [-0.2, 0) is 0 Å². The fourth-order valence-corrected chi connectivity index (χ4v) is 2.07. The molecule has 1 aromatic heterocycles. The fraction of sp³-hybridized carbons (Fsp3) is 0. The van der Waals surface area contributed by atoms with Gasteiger partial charge in [0.1, 0.15) is 5.82 Å². The van der Waals surface area contributed by atoms with Gasteiger partial charge in [0.2, 0.25) is 0 Å². The second kappa shape index (κ2) is 4.97. The monoisotopic (exact) mass is 454 g/mol. The molecule has 0 saturated heterocycles. The van der Waals surface area contributed by atoms with Gasteiger partial charge >= 0.3 is 0 Å². The number of aromatic amines is 1. The van der Waals surface area contributed by atoms with Gasteiger partial charge in [-0.1, -0.05) is 6.07 Å². The molecule has 82 valence electrons. The van der Waals surface area contributed by atoms with Crippen LogP contribution in [0, 0.1) is 3.57 Å². The van der Waals surface area contributed by atoms with Crippen LogP contribution < -0.4 is 5.56 Å². The van der Waals surface area contributed by atoms with Gasteiger partial charge in [0.15, 0.2) is 0 Å². The lowest BCUT2D eigenvalue weighted by molar-refractivity contribution is 1.11. The first kappa shape index (κ1) is 12.3. The van der Waals surface area contributed by atoms with Crippen molar-refractivity contribution in [2.24, 2.45) is 0 Å². The van der Waals surface area contributed by atoms with Gasteiger partial charge in [0, 0.05) is 20.7 Å². The van der Waals surface area contributed by atoms with Gasteiger partial charge in [-0.25, -0.2) is 4.98 Å². The van der Waals surface area contributed by atoms with E-state index < -0.39 is 0 Å². The molecule has 6 heteroatoms. The highest BCUT2D eigenvalue weighted by atomic mass is 127. The minimum atomic E-state index is -0.121. The van der Waals surface area contributed by atoms with Gasteiger partial charge < -0.3 is 4.98 Å². The van der Waals surface area contributed by atoms with E-state index in [1.165, 1.54) is 0 Å². The van der Waals surface area contributed by atoms with E-state index in [1.807, 2.05) is 40.8 Å². The maximum absolute atomic E-state index is 11.4. The lowest BCUT2D eigenvalue weighted by Crippen LogP contribution is -2.11. The first-order valence-electron chi connectivity index (χ1n) is 4.28. The summed E-state index contributed by atoms with van der Waals surface area (Å²) in [5.74, 6) is 0.568. The van der Waals surface area contributed by atoms with Crippen molar-refractivity contribution in [3.8, 4) is 11.4 Å². The van der Waals surface area contributed by atoms with Crippen molar-refractivity contribution in [1.82, 2.24) is 9.97 Å². The zero-order chi connectivity index (χ0) is 11.7. The average Bonchev–Trinajstić information content (AvgIpc) is 2.26. The Balaban J connectivity index is 2.55. The Kier molecular flexibility index (Phi) is 3.81. The third kappa shape index (κ3) is 2.54. The van der Waals surface area contributed by atoms with E-state index in [1.54, 1.807) is 6.20 Å². The van der Waals surface area contributed by atoms with E-state index in [-0.39, 0.29) is 5.56 Å². The van der Waals surface area contributed by atoms with Gasteiger partial charge in [-0.05, 0) is 66.6 Å². The summed E-state index contributed by atoms with van der Waals surface area (Å²) in [6, 6.07) is 5.69. The summed E-state index contributed by atoms with van der Waals surface area (Å²) < 4.78 is 2.47. The number of H-pyrrole nitrogens is 1. The van der Waals surface area contributed by atoms with Crippen molar-refractivity contribution in [2.45, 2.75) is 0 Å².